The van der Waals surface area contributed by atoms with E-state index in [1.807, 2.05) is 0 Å². The number of hydrogen-bond donors (Lipinski definition) is 5. The predicted molar refractivity (Wildman–Crippen MR) is 69.9 cm³/mol. The number of aromatic amines is 2. The van der Waals surface area contributed by atoms with Gasteiger partial charge >= 0.3 is 5.97 Å². The summed E-state index contributed by atoms with van der Waals surface area (Å²) in [7, 11) is 0. The van der Waals surface area contributed by atoms with Gasteiger partial charge in [0.1, 0.15) is 5.54 Å². The van der Waals surface area contributed by atoms with Crippen LogP contribution in [0.4, 0.5) is 0 Å². The fraction of sp³-hybridized carbons (Fsp3) is 0.417. The number of imidazole rings is 2. The summed E-state index contributed by atoms with van der Waals surface area (Å²) in [5.41, 5.74) is 7.05. The number of carbonyl (C=O) groups is 1. The van der Waals surface area contributed by atoms with Crippen molar-refractivity contribution in [3.8, 4) is 0 Å². The van der Waals surface area contributed by atoms with Crippen molar-refractivity contribution < 1.29 is 9.90 Å². The average molecular weight is 276 g/mol. The monoisotopic (exact) mass is 276 g/mol. The molecule has 3 heterocycles. The molecule has 2 aromatic heterocycles. The van der Waals surface area contributed by atoms with E-state index in [0.29, 0.717) is 12.2 Å². The highest BCUT2D eigenvalue weighted by molar-refractivity contribution is 5.81. The molecule has 8 nitrogen and oxygen atoms in total. The minimum Gasteiger partial charge on any atom is -0.480 e. The molecule has 0 aromatic carbocycles. The van der Waals surface area contributed by atoms with Crippen molar-refractivity contribution in [2.75, 3.05) is 6.54 Å². The summed E-state index contributed by atoms with van der Waals surface area (Å²) in [5, 5.41) is 12.9. The van der Waals surface area contributed by atoms with Gasteiger partial charge in [0.05, 0.1) is 24.0 Å². The third-order valence-electron chi connectivity index (χ3n) is 3.94. The van der Waals surface area contributed by atoms with E-state index in [1.165, 1.54) is 6.33 Å². The van der Waals surface area contributed by atoms with Gasteiger partial charge in [0.2, 0.25) is 0 Å². The van der Waals surface area contributed by atoms with E-state index in [9.17, 15) is 9.90 Å². The number of fused-ring (bicyclic) bond motifs is 1. The van der Waals surface area contributed by atoms with Crippen LogP contribution in [0.5, 0.6) is 0 Å². The molecule has 2 atom stereocenters. The maximum atomic E-state index is 11.9. The molecule has 2 aromatic rings. The van der Waals surface area contributed by atoms with Crippen molar-refractivity contribution in [1.82, 2.24) is 25.3 Å². The minimum atomic E-state index is -1.18. The first-order chi connectivity index (χ1) is 9.67. The topological polar surface area (TPSA) is 133 Å². The van der Waals surface area contributed by atoms with Crippen molar-refractivity contribution in [2.24, 2.45) is 5.73 Å². The normalized spacial score (nSPS) is 23.2. The Bertz CT molecular complexity index is 607. The number of carboxylic acids is 1. The smallest absolute Gasteiger partial charge is 0.325 e. The minimum absolute atomic E-state index is 0.196. The van der Waals surface area contributed by atoms with Crippen LogP contribution in [0, 0.1) is 0 Å². The highest BCUT2D eigenvalue weighted by atomic mass is 16.4. The van der Waals surface area contributed by atoms with Crippen LogP contribution in [0.15, 0.2) is 18.9 Å². The van der Waals surface area contributed by atoms with Crippen molar-refractivity contribution in [1.29, 1.82) is 0 Å². The van der Waals surface area contributed by atoms with Crippen LogP contribution >= 0.6 is 0 Å². The highest BCUT2D eigenvalue weighted by Gasteiger charge is 2.49. The lowest BCUT2D eigenvalue weighted by atomic mass is 9.76. The Labute approximate surface area is 114 Å². The van der Waals surface area contributed by atoms with Crippen molar-refractivity contribution in [2.45, 2.75) is 24.4 Å². The van der Waals surface area contributed by atoms with Crippen molar-refractivity contribution in [3.63, 3.8) is 0 Å². The molecular weight excluding hydrogens is 260 g/mol. The SMILES string of the molecule is NC[C@@H](c1cnc[nH]1)[C@@]1(C(=O)O)Cc2nc[nH]c2CN1. The molecule has 0 unspecified atom stereocenters. The van der Waals surface area contributed by atoms with Crippen LogP contribution < -0.4 is 11.1 Å². The fourth-order valence-corrected chi connectivity index (χ4v) is 2.82. The third-order valence-corrected chi connectivity index (χ3v) is 3.94. The predicted octanol–water partition coefficient (Wildman–Crippen LogP) is -0.656. The molecule has 1 aliphatic rings. The number of H-pyrrole nitrogens is 2. The van der Waals surface area contributed by atoms with Gasteiger partial charge in [0.25, 0.3) is 0 Å². The van der Waals surface area contributed by atoms with Gasteiger partial charge < -0.3 is 20.8 Å². The largest absolute Gasteiger partial charge is 0.480 e. The second-order valence-electron chi connectivity index (χ2n) is 4.93. The first-order valence-electron chi connectivity index (χ1n) is 6.35. The molecule has 0 radical (unpaired) electrons. The lowest BCUT2D eigenvalue weighted by molar-refractivity contribution is -0.146. The first kappa shape index (κ1) is 12.8. The van der Waals surface area contributed by atoms with Gasteiger partial charge in [-0.05, 0) is 0 Å². The maximum Gasteiger partial charge on any atom is 0.325 e. The zero-order valence-corrected chi connectivity index (χ0v) is 10.8. The lowest BCUT2D eigenvalue weighted by Gasteiger charge is -2.39. The molecule has 0 amide bonds. The van der Waals surface area contributed by atoms with Gasteiger partial charge in [-0.2, -0.15) is 0 Å². The van der Waals surface area contributed by atoms with Crippen molar-refractivity contribution >= 4 is 5.97 Å². The second kappa shape index (κ2) is 4.73. The zero-order chi connectivity index (χ0) is 14.2. The summed E-state index contributed by atoms with van der Waals surface area (Å²) >= 11 is 0. The quantitative estimate of drug-likeness (QED) is 0.503. The Morgan fingerprint density at radius 1 is 1.50 bits per heavy atom. The molecule has 20 heavy (non-hydrogen) atoms. The van der Waals surface area contributed by atoms with E-state index in [2.05, 4.69) is 25.3 Å². The summed E-state index contributed by atoms with van der Waals surface area (Å²) in [6, 6.07) is 0. The van der Waals surface area contributed by atoms with Crippen LogP contribution in [0.1, 0.15) is 23.0 Å². The third kappa shape index (κ3) is 1.81. The first-order valence-corrected chi connectivity index (χ1v) is 6.35. The van der Waals surface area contributed by atoms with Crippen LogP contribution in [0.25, 0.3) is 0 Å². The number of nitrogens with two attached hydrogens (primary N) is 1. The van der Waals surface area contributed by atoms with Crippen molar-refractivity contribution in [3.05, 3.63) is 35.9 Å². The summed E-state index contributed by atoms with van der Waals surface area (Å²) in [6.07, 6.45) is 5.00. The van der Waals surface area contributed by atoms with E-state index >= 15 is 0 Å². The number of hydrogen-bond acceptors (Lipinski definition) is 5. The van der Waals surface area contributed by atoms with Crippen LogP contribution in [-0.2, 0) is 17.8 Å². The fourth-order valence-electron chi connectivity index (χ4n) is 2.82. The summed E-state index contributed by atoms with van der Waals surface area (Å²) in [6.45, 7) is 0.619. The maximum absolute atomic E-state index is 11.9. The molecule has 1 aliphatic heterocycles. The molecular formula is C12H16N6O2. The van der Waals surface area contributed by atoms with Crippen LogP contribution in [0.2, 0.25) is 0 Å². The molecule has 106 valence electrons. The Hall–Kier alpha value is -2.19. The second-order valence-corrected chi connectivity index (χ2v) is 4.93. The molecule has 0 saturated carbocycles. The van der Waals surface area contributed by atoms with Gasteiger partial charge in [0, 0.05) is 37.3 Å². The van der Waals surface area contributed by atoms with E-state index in [-0.39, 0.29) is 13.0 Å². The molecule has 6 N–H and O–H groups in total. The molecule has 3 rings (SSSR count). The van der Waals surface area contributed by atoms with Gasteiger partial charge in [0.15, 0.2) is 0 Å². The zero-order valence-electron chi connectivity index (χ0n) is 10.8. The molecule has 0 spiro atoms. The Kier molecular flexibility index (Phi) is 3.03. The standard InChI is InChI=1S/C12H16N6O2/c13-2-7(9-3-14-5-15-9)12(11(19)20)1-8-10(4-18-12)17-6-16-8/h3,5-7,18H,1-2,4,13H2,(H,14,15)(H,16,17)(H,19,20)/t7-,12+/m0/s1. The summed E-state index contributed by atoms with van der Waals surface area (Å²) in [4.78, 5) is 26.0. The Balaban J connectivity index is 2.03. The molecule has 0 fully saturated rings. The number of aliphatic carboxylic acids is 1. The average Bonchev–Trinajstić information content (AvgIpc) is 3.09. The van der Waals surface area contributed by atoms with E-state index in [0.717, 1.165) is 11.4 Å². The number of carboxylic acid groups (broad SMARTS) is 1. The molecule has 8 heteroatoms. The van der Waals surface area contributed by atoms with E-state index < -0.39 is 17.4 Å². The highest BCUT2D eigenvalue weighted by Crippen LogP contribution is 2.33. The molecule has 0 aliphatic carbocycles. The van der Waals surface area contributed by atoms with Gasteiger partial charge in [-0.25, -0.2) is 9.97 Å². The van der Waals surface area contributed by atoms with Crippen LogP contribution in [0.3, 0.4) is 0 Å². The Morgan fingerprint density at radius 2 is 2.35 bits per heavy atom. The van der Waals surface area contributed by atoms with E-state index in [1.54, 1.807) is 12.5 Å². The Morgan fingerprint density at radius 3 is 3.00 bits per heavy atom. The number of nitrogens with one attached hydrogen (secondary N) is 3. The summed E-state index contributed by atoms with van der Waals surface area (Å²) < 4.78 is 0. The number of rotatable bonds is 4. The molecule has 0 bridgehead atoms. The van der Waals surface area contributed by atoms with Gasteiger partial charge in [-0.1, -0.05) is 0 Å². The lowest BCUT2D eigenvalue weighted by Crippen LogP contribution is -2.61. The number of aromatic nitrogens is 4. The van der Waals surface area contributed by atoms with Gasteiger partial charge in [-0.15, -0.1) is 0 Å². The summed E-state index contributed by atoms with van der Waals surface area (Å²) in [5.74, 6) is -1.34. The molecule has 0 saturated heterocycles. The number of nitrogens with zero attached hydrogens (tertiary/aromatic N) is 2. The van der Waals surface area contributed by atoms with Gasteiger partial charge in [-0.3, -0.25) is 10.1 Å². The van der Waals surface area contributed by atoms with E-state index in [4.69, 9.17) is 5.73 Å². The van der Waals surface area contributed by atoms with Crippen LogP contribution in [-0.4, -0.2) is 43.1 Å².